The van der Waals surface area contributed by atoms with E-state index < -0.39 is 0 Å². The number of amides is 1. The molecule has 2 N–H and O–H groups in total. The number of nitrogens with zero attached hydrogens (tertiary/aromatic N) is 2. The van der Waals surface area contributed by atoms with E-state index in [9.17, 15) is 4.79 Å². The molecular weight excluding hydrogens is 342 g/mol. The molecule has 1 aromatic rings. The first kappa shape index (κ1) is 20.1. The highest BCUT2D eigenvalue weighted by Crippen LogP contribution is 2.26. The van der Waals surface area contributed by atoms with Crippen LogP contribution in [0.4, 0.5) is 0 Å². The molecule has 2 saturated heterocycles. The van der Waals surface area contributed by atoms with Gasteiger partial charge in [0.2, 0.25) is 0 Å². The second kappa shape index (κ2) is 9.53. The second-order valence-electron chi connectivity index (χ2n) is 7.53. The molecule has 2 aliphatic heterocycles. The lowest BCUT2D eigenvalue weighted by atomic mass is 9.97. The number of rotatable bonds is 6. The van der Waals surface area contributed by atoms with Crippen molar-refractivity contribution in [3.63, 3.8) is 0 Å². The number of ether oxygens (including phenoxy) is 2. The number of likely N-dealkylation sites (tertiary alicyclic amines) is 1. The molecule has 0 atom stereocenters. The van der Waals surface area contributed by atoms with Gasteiger partial charge in [-0.15, -0.1) is 0 Å². The van der Waals surface area contributed by atoms with Gasteiger partial charge >= 0.3 is 0 Å². The van der Waals surface area contributed by atoms with Crippen molar-refractivity contribution in [1.82, 2.24) is 9.80 Å². The number of hydrogen-bond donors (Lipinski definition) is 1. The first-order valence-corrected chi connectivity index (χ1v) is 10.1. The molecule has 150 valence electrons. The zero-order valence-electron chi connectivity index (χ0n) is 16.7. The number of piperidine rings is 1. The zero-order valence-corrected chi connectivity index (χ0v) is 16.7. The number of nitrogens with two attached hydrogens (primary N) is 1. The van der Waals surface area contributed by atoms with Gasteiger partial charge in [0, 0.05) is 62.6 Å². The van der Waals surface area contributed by atoms with Crippen LogP contribution in [0.25, 0.3) is 0 Å². The summed E-state index contributed by atoms with van der Waals surface area (Å²) in [5.41, 5.74) is 7.55. The smallest absolute Gasteiger partial charge is 0.254 e. The van der Waals surface area contributed by atoms with Gasteiger partial charge in [0.1, 0.15) is 5.75 Å². The molecule has 0 aromatic heterocycles. The van der Waals surface area contributed by atoms with E-state index in [-0.39, 0.29) is 5.91 Å². The first-order chi connectivity index (χ1) is 13.2. The molecule has 6 heteroatoms. The summed E-state index contributed by atoms with van der Waals surface area (Å²) in [6.45, 7) is 6.84. The van der Waals surface area contributed by atoms with E-state index in [1.807, 2.05) is 30.0 Å². The van der Waals surface area contributed by atoms with Gasteiger partial charge in [-0.1, -0.05) is 6.07 Å². The third kappa shape index (κ3) is 4.62. The van der Waals surface area contributed by atoms with Gasteiger partial charge < -0.3 is 20.1 Å². The van der Waals surface area contributed by atoms with E-state index in [0.29, 0.717) is 18.6 Å². The van der Waals surface area contributed by atoms with Gasteiger partial charge in [-0.2, -0.15) is 0 Å². The SMILES string of the molecule is COc1cccc(C(=O)N2CCC(N(CCN)C3CCOCC3)CC2)c1C. The summed E-state index contributed by atoms with van der Waals surface area (Å²) in [5, 5.41) is 0. The van der Waals surface area contributed by atoms with E-state index in [2.05, 4.69) is 4.90 Å². The molecule has 3 rings (SSSR count). The van der Waals surface area contributed by atoms with Crippen LogP contribution in [-0.4, -0.2) is 74.3 Å². The van der Waals surface area contributed by atoms with Crippen molar-refractivity contribution in [2.24, 2.45) is 5.73 Å². The van der Waals surface area contributed by atoms with Crippen molar-refractivity contribution in [1.29, 1.82) is 0 Å². The predicted molar refractivity (Wildman–Crippen MR) is 106 cm³/mol. The maximum atomic E-state index is 13.0. The normalized spacial score (nSPS) is 19.5. The van der Waals surface area contributed by atoms with Crippen LogP contribution in [0.1, 0.15) is 41.6 Å². The quantitative estimate of drug-likeness (QED) is 0.824. The first-order valence-electron chi connectivity index (χ1n) is 10.1. The third-order valence-corrected chi connectivity index (χ3v) is 6.00. The molecule has 2 heterocycles. The van der Waals surface area contributed by atoms with Gasteiger partial charge in [-0.3, -0.25) is 9.69 Å². The number of hydrogen-bond acceptors (Lipinski definition) is 5. The van der Waals surface area contributed by atoms with Crippen molar-refractivity contribution in [3.8, 4) is 5.75 Å². The molecule has 0 aliphatic carbocycles. The maximum absolute atomic E-state index is 13.0. The Kier molecular flexibility index (Phi) is 7.10. The molecule has 0 spiro atoms. The lowest BCUT2D eigenvalue weighted by molar-refractivity contribution is 0.00415. The summed E-state index contributed by atoms with van der Waals surface area (Å²) in [7, 11) is 1.64. The van der Waals surface area contributed by atoms with Gasteiger partial charge in [0.05, 0.1) is 7.11 Å². The average Bonchev–Trinajstić information content (AvgIpc) is 2.72. The largest absolute Gasteiger partial charge is 0.496 e. The van der Waals surface area contributed by atoms with Gasteiger partial charge in [0.15, 0.2) is 0 Å². The summed E-state index contributed by atoms with van der Waals surface area (Å²) in [6.07, 6.45) is 4.18. The van der Waals surface area contributed by atoms with Crippen LogP contribution >= 0.6 is 0 Å². The Balaban J connectivity index is 1.62. The lowest BCUT2D eigenvalue weighted by Crippen LogP contribution is -2.52. The van der Waals surface area contributed by atoms with Crippen molar-refractivity contribution in [3.05, 3.63) is 29.3 Å². The van der Waals surface area contributed by atoms with E-state index in [0.717, 1.165) is 75.4 Å². The number of carbonyl (C=O) groups is 1. The molecule has 6 nitrogen and oxygen atoms in total. The third-order valence-electron chi connectivity index (χ3n) is 6.00. The van der Waals surface area contributed by atoms with Crippen molar-refractivity contribution < 1.29 is 14.3 Å². The molecule has 1 aromatic carbocycles. The Bertz CT molecular complexity index is 623. The van der Waals surface area contributed by atoms with Crippen molar-refractivity contribution in [2.75, 3.05) is 46.5 Å². The molecule has 2 aliphatic rings. The molecule has 0 bridgehead atoms. The number of methoxy groups -OCH3 is 1. The van der Waals surface area contributed by atoms with Crippen LogP contribution in [0.2, 0.25) is 0 Å². The Morgan fingerprint density at radius 3 is 2.52 bits per heavy atom. The van der Waals surface area contributed by atoms with Gasteiger partial charge in [-0.05, 0) is 44.7 Å². The topological polar surface area (TPSA) is 68.0 Å². The van der Waals surface area contributed by atoms with Crippen LogP contribution < -0.4 is 10.5 Å². The monoisotopic (exact) mass is 375 g/mol. The Morgan fingerprint density at radius 1 is 1.22 bits per heavy atom. The van der Waals surface area contributed by atoms with Crippen molar-refractivity contribution in [2.45, 2.75) is 44.7 Å². The van der Waals surface area contributed by atoms with Crippen LogP contribution in [-0.2, 0) is 4.74 Å². The molecule has 27 heavy (non-hydrogen) atoms. The van der Waals surface area contributed by atoms with Crippen molar-refractivity contribution >= 4 is 5.91 Å². The standard InChI is InChI=1S/C21H33N3O3/c1-16-19(4-3-5-20(16)26-2)21(25)23-11-6-17(7-12-23)24(13-10-22)18-8-14-27-15-9-18/h3-5,17-18H,6-15,22H2,1-2H3. The highest BCUT2D eigenvalue weighted by Gasteiger charge is 2.32. The summed E-state index contributed by atoms with van der Waals surface area (Å²) in [6, 6.07) is 6.76. The summed E-state index contributed by atoms with van der Waals surface area (Å²) in [5.74, 6) is 0.880. The molecule has 0 radical (unpaired) electrons. The fraction of sp³-hybridized carbons (Fsp3) is 0.667. The molecule has 0 unspecified atom stereocenters. The summed E-state index contributed by atoms with van der Waals surface area (Å²) < 4.78 is 10.9. The van der Waals surface area contributed by atoms with Crippen LogP contribution in [0.3, 0.4) is 0 Å². The predicted octanol–water partition coefficient (Wildman–Crippen LogP) is 2.05. The Hall–Kier alpha value is -1.63. The molecule has 2 fully saturated rings. The van der Waals surface area contributed by atoms with Crippen LogP contribution in [0.15, 0.2) is 18.2 Å². The minimum Gasteiger partial charge on any atom is -0.496 e. The molecular formula is C21H33N3O3. The van der Waals surface area contributed by atoms with E-state index in [4.69, 9.17) is 15.2 Å². The average molecular weight is 376 g/mol. The van der Waals surface area contributed by atoms with E-state index in [1.165, 1.54) is 0 Å². The summed E-state index contributed by atoms with van der Waals surface area (Å²) >= 11 is 0. The Morgan fingerprint density at radius 2 is 1.89 bits per heavy atom. The van der Waals surface area contributed by atoms with Gasteiger partial charge in [0.25, 0.3) is 5.91 Å². The fourth-order valence-corrected chi connectivity index (χ4v) is 4.47. The Labute approximate surface area is 162 Å². The van der Waals surface area contributed by atoms with Crippen LogP contribution in [0, 0.1) is 6.92 Å². The lowest BCUT2D eigenvalue weighted by Gasteiger charge is -2.43. The van der Waals surface area contributed by atoms with Gasteiger partial charge in [-0.25, -0.2) is 0 Å². The highest BCUT2D eigenvalue weighted by molar-refractivity contribution is 5.96. The second-order valence-corrected chi connectivity index (χ2v) is 7.53. The minimum absolute atomic E-state index is 0.112. The molecule has 1 amide bonds. The number of carbonyl (C=O) groups excluding carboxylic acids is 1. The minimum atomic E-state index is 0.112. The summed E-state index contributed by atoms with van der Waals surface area (Å²) in [4.78, 5) is 17.6. The highest BCUT2D eigenvalue weighted by atomic mass is 16.5. The number of benzene rings is 1. The van der Waals surface area contributed by atoms with E-state index >= 15 is 0 Å². The van der Waals surface area contributed by atoms with Crippen LogP contribution in [0.5, 0.6) is 5.75 Å². The molecule has 0 saturated carbocycles. The zero-order chi connectivity index (χ0) is 19.2. The van der Waals surface area contributed by atoms with E-state index in [1.54, 1.807) is 7.11 Å². The maximum Gasteiger partial charge on any atom is 0.254 e. The fourth-order valence-electron chi connectivity index (χ4n) is 4.47.